The summed E-state index contributed by atoms with van der Waals surface area (Å²) in [5, 5.41) is 0.374. The van der Waals surface area contributed by atoms with Gasteiger partial charge in [-0.2, -0.15) is 0 Å². The first kappa shape index (κ1) is 17.8. The number of amides is 1. The van der Waals surface area contributed by atoms with E-state index in [2.05, 4.69) is 13.8 Å². The maximum atomic E-state index is 12.7. The minimum absolute atomic E-state index is 0.000457. The number of carbonyl (C=O) groups is 1. The summed E-state index contributed by atoms with van der Waals surface area (Å²) in [6.45, 7) is 5.92. The van der Waals surface area contributed by atoms with Crippen LogP contribution in [-0.4, -0.2) is 23.9 Å². The quantitative estimate of drug-likeness (QED) is 0.528. The molecule has 0 atom stereocenters. The van der Waals surface area contributed by atoms with Crippen molar-refractivity contribution >= 4 is 23.2 Å². The lowest BCUT2D eigenvalue weighted by molar-refractivity contribution is 0.0750. The van der Waals surface area contributed by atoms with Crippen molar-refractivity contribution < 1.29 is 4.79 Å². The summed E-state index contributed by atoms with van der Waals surface area (Å²) < 4.78 is 0. The smallest absolute Gasteiger partial charge is 0.255 e. The second kappa shape index (κ2) is 9.67. The van der Waals surface area contributed by atoms with E-state index in [4.69, 9.17) is 17.3 Å². The molecule has 21 heavy (non-hydrogen) atoms. The molecule has 0 heterocycles. The van der Waals surface area contributed by atoms with Crippen LogP contribution in [-0.2, 0) is 0 Å². The second-order valence-electron chi connectivity index (χ2n) is 5.42. The average Bonchev–Trinajstić information content (AvgIpc) is 2.48. The molecule has 0 fully saturated rings. The molecular formula is C17H27ClN2O. The molecule has 0 aliphatic rings. The van der Waals surface area contributed by atoms with Crippen molar-refractivity contribution in [1.29, 1.82) is 0 Å². The van der Waals surface area contributed by atoms with Crippen LogP contribution in [0.15, 0.2) is 18.2 Å². The van der Waals surface area contributed by atoms with Crippen LogP contribution in [0.5, 0.6) is 0 Å². The Hall–Kier alpha value is -1.22. The van der Waals surface area contributed by atoms with Gasteiger partial charge < -0.3 is 10.6 Å². The Kier molecular flexibility index (Phi) is 8.21. The molecule has 3 nitrogen and oxygen atoms in total. The van der Waals surface area contributed by atoms with E-state index in [-0.39, 0.29) is 5.91 Å². The monoisotopic (exact) mass is 310 g/mol. The summed E-state index contributed by atoms with van der Waals surface area (Å²) in [5.41, 5.74) is 6.78. The van der Waals surface area contributed by atoms with E-state index < -0.39 is 0 Å². The molecular weight excluding hydrogens is 284 g/mol. The Labute approximate surface area is 133 Å². The molecule has 0 aromatic heterocycles. The highest BCUT2D eigenvalue weighted by molar-refractivity contribution is 6.36. The van der Waals surface area contributed by atoms with Gasteiger partial charge in [0, 0.05) is 13.1 Å². The zero-order chi connectivity index (χ0) is 15.7. The van der Waals surface area contributed by atoms with Crippen molar-refractivity contribution in [1.82, 2.24) is 4.90 Å². The molecule has 0 unspecified atom stereocenters. The third-order valence-electron chi connectivity index (χ3n) is 3.61. The standard InChI is InChI=1S/C17H27ClN2O/c1-3-5-7-12-20(13-8-6-4-2)17(21)14-10-9-11-15(19)16(14)18/h9-11H,3-8,12-13,19H2,1-2H3. The molecule has 0 aliphatic heterocycles. The van der Waals surface area contributed by atoms with Crippen LogP contribution in [0.4, 0.5) is 5.69 Å². The van der Waals surface area contributed by atoms with Crippen molar-refractivity contribution in [2.24, 2.45) is 0 Å². The molecule has 1 aromatic carbocycles. The summed E-state index contributed by atoms with van der Waals surface area (Å²) >= 11 is 6.18. The van der Waals surface area contributed by atoms with Crippen LogP contribution < -0.4 is 5.73 Å². The topological polar surface area (TPSA) is 46.3 Å². The van der Waals surface area contributed by atoms with Crippen molar-refractivity contribution in [3.05, 3.63) is 28.8 Å². The molecule has 0 bridgehead atoms. The zero-order valence-corrected chi connectivity index (χ0v) is 14.0. The molecule has 0 spiro atoms. The summed E-state index contributed by atoms with van der Waals surface area (Å²) in [5.74, 6) is -0.000457. The number of hydrogen-bond donors (Lipinski definition) is 1. The summed E-state index contributed by atoms with van der Waals surface area (Å²) in [6.07, 6.45) is 6.65. The average molecular weight is 311 g/mol. The Morgan fingerprint density at radius 2 is 1.67 bits per heavy atom. The largest absolute Gasteiger partial charge is 0.398 e. The number of unbranched alkanes of at least 4 members (excludes halogenated alkanes) is 4. The van der Waals surface area contributed by atoms with Gasteiger partial charge in [-0.1, -0.05) is 57.2 Å². The number of nitrogen functional groups attached to an aromatic ring is 1. The van der Waals surface area contributed by atoms with Gasteiger partial charge in [0.1, 0.15) is 0 Å². The first-order chi connectivity index (χ1) is 10.1. The van der Waals surface area contributed by atoms with E-state index in [0.717, 1.165) is 51.6 Å². The van der Waals surface area contributed by atoms with Gasteiger partial charge in [0.15, 0.2) is 0 Å². The van der Waals surface area contributed by atoms with Gasteiger partial charge in [-0.05, 0) is 25.0 Å². The number of rotatable bonds is 9. The van der Waals surface area contributed by atoms with Gasteiger partial charge in [-0.25, -0.2) is 0 Å². The molecule has 0 saturated heterocycles. The molecule has 0 radical (unpaired) electrons. The van der Waals surface area contributed by atoms with Crippen molar-refractivity contribution in [3.8, 4) is 0 Å². The lowest BCUT2D eigenvalue weighted by Crippen LogP contribution is -2.33. The van der Waals surface area contributed by atoms with E-state index in [0.29, 0.717) is 16.3 Å². The number of benzene rings is 1. The van der Waals surface area contributed by atoms with Crippen LogP contribution >= 0.6 is 11.6 Å². The van der Waals surface area contributed by atoms with Crippen LogP contribution in [0, 0.1) is 0 Å². The number of nitrogens with two attached hydrogens (primary N) is 1. The fourth-order valence-electron chi connectivity index (χ4n) is 2.31. The first-order valence-electron chi connectivity index (χ1n) is 7.95. The van der Waals surface area contributed by atoms with Crippen molar-refractivity contribution in [3.63, 3.8) is 0 Å². The van der Waals surface area contributed by atoms with Crippen LogP contribution in [0.25, 0.3) is 0 Å². The number of nitrogens with zero attached hydrogens (tertiary/aromatic N) is 1. The van der Waals surface area contributed by atoms with E-state index in [1.807, 2.05) is 4.90 Å². The number of carbonyl (C=O) groups excluding carboxylic acids is 1. The minimum atomic E-state index is -0.000457. The number of anilines is 1. The fraction of sp³-hybridized carbons (Fsp3) is 0.588. The molecule has 1 aromatic rings. The summed E-state index contributed by atoms with van der Waals surface area (Å²) in [4.78, 5) is 14.6. The van der Waals surface area contributed by atoms with Gasteiger partial charge in [-0.15, -0.1) is 0 Å². The van der Waals surface area contributed by atoms with Crippen LogP contribution in [0.2, 0.25) is 5.02 Å². The maximum Gasteiger partial charge on any atom is 0.255 e. The second-order valence-corrected chi connectivity index (χ2v) is 5.79. The van der Waals surface area contributed by atoms with Gasteiger partial charge >= 0.3 is 0 Å². The zero-order valence-electron chi connectivity index (χ0n) is 13.2. The van der Waals surface area contributed by atoms with E-state index >= 15 is 0 Å². The van der Waals surface area contributed by atoms with Crippen molar-refractivity contribution in [2.45, 2.75) is 52.4 Å². The molecule has 118 valence electrons. The Balaban J connectivity index is 2.79. The summed E-state index contributed by atoms with van der Waals surface area (Å²) in [6, 6.07) is 5.26. The molecule has 4 heteroatoms. The fourth-order valence-corrected chi connectivity index (χ4v) is 2.51. The predicted molar refractivity (Wildman–Crippen MR) is 90.8 cm³/mol. The summed E-state index contributed by atoms with van der Waals surface area (Å²) in [7, 11) is 0. The van der Waals surface area contributed by atoms with Gasteiger partial charge in [0.05, 0.1) is 16.3 Å². The number of halogens is 1. The predicted octanol–water partition coefficient (Wildman–Crippen LogP) is 4.74. The Morgan fingerprint density at radius 1 is 1.10 bits per heavy atom. The first-order valence-corrected chi connectivity index (χ1v) is 8.32. The highest BCUT2D eigenvalue weighted by Crippen LogP contribution is 2.24. The van der Waals surface area contributed by atoms with E-state index in [1.54, 1.807) is 18.2 Å². The van der Waals surface area contributed by atoms with Crippen LogP contribution in [0.3, 0.4) is 0 Å². The number of hydrogen-bond acceptors (Lipinski definition) is 2. The lowest BCUT2D eigenvalue weighted by Gasteiger charge is -2.23. The third-order valence-corrected chi connectivity index (χ3v) is 4.03. The highest BCUT2D eigenvalue weighted by Gasteiger charge is 2.18. The van der Waals surface area contributed by atoms with E-state index in [9.17, 15) is 4.79 Å². The lowest BCUT2D eigenvalue weighted by atomic mass is 10.1. The molecule has 2 N–H and O–H groups in total. The SMILES string of the molecule is CCCCCN(CCCCC)C(=O)c1cccc(N)c1Cl. The van der Waals surface area contributed by atoms with Gasteiger partial charge in [-0.3, -0.25) is 4.79 Å². The van der Waals surface area contributed by atoms with E-state index in [1.165, 1.54) is 0 Å². The van der Waals surface area contributed by atoms with Crippen molar-refractivity contribution in [2.75, 3.05) is 18.8 Å². The van der Waals surface area contributed by atoms with Gasteiger partial charge in [0.25, 0.3) is 5.91 Å². The third kappa shape index (κ3) is 5.58. The minimum Gasteiger partial charge on any atom is -0.398 e. The Morgan fingerprint density at radius 3 is 2.19 bits per heavy atom. The van der Waals surface area contributed by atoms with Gasteiger partial charge in [0.2, 0.25) is 0 Å². The molecule has 0 aliphatic carbocycles. The van der Waals surface area contributed by atoms with Crippen LogP contribution in [0.1, 0.15) is 62.7 Å². The molecule has 1 rings (SSSR count). The maximum absolute atomic E-state index is 12.7. The molecule has 1 amide bonds. The highest BCUT2D eigenvalue weighted by atomic mass is 35.5. The normalized spacial score (nSPS) is 10.6. The molecule has 0 saturated carbocycles. The Bertz CT molecular complexity index is 438.